The van der Waals surface area contributed by atoms with Crippen molar-refractivity contribution in [2.75, 3.05) is 13.6 Å². The fraction of sp³-hybridized carbons (Fsp3) is 0.588. The third-order valence-corrected chi connectivity index (χ3v) is 4.36. The van der Waals surface area contributed by atoms with Gasteiger partial charge in [-0.15, -0.1) is 24.0 Å². The zero-order valence-corrected chi connectivity index (χ0v) is 16.3. The van der Waals surface area contributed by atoms with Gasteiger partial charge in [-0.2, -0.15) is 0 Å². The van der Waals surface area contributed by atoms with Crippen molar-refractivity contribution >= 4 is 29.9 Å². The Balaban J connectivity index is 0.00000208. The second-order valence-corrected chi connectivity index (χ2v) is 6.20. The lowest BCUT2D eigenvalue weighted by Gasteiger charge is -2.23. The van der Waals surface area contributed by atoms with Crippen molar-refractivity contribution in [2.45, 2.75) is 50.5 Å². The van der Waals surface area contributed by atoms with Crippen LogP contribution in [0.25, 0.3) is 0 Å². The van der Waals surface area contributed by atoms with Gasteiger partial charge in [0.25, 0.3) is 0 Å². The minimum absolute atomic E-state index is 0. The highest BCUT2D eigenvalue weighted by Gasteiger charge is 2.41. The van der Waals surface area contributed by atoms with Crippen LogP contribution >= 0.6 is 24.0 Å². The summed E-state index contributed by atoms with van der Waals surface area (Å²) in [5, 5.41) is 6.70. The van der Waals surface area contributed by atoms with Crippen LogP contribution in [0, 0.1) is 5.82 Å². The minimum atomic E-state index is -0.263. The zero-order chi connectivity index (χ0) is 16.2. The summed E-state index contributed by atoms with van der Waals surface area (Å²) in [6, 6.07) is 6.39. The number of hydrogen-bond donors (Lipinski definition) is 2. The SMILES string of the molecule is CN=C(NCC(C)Oc1ccc(F)cc1)NC1CC2CCC1O2.I. The molecule has 3 rings (SSSR count). The molecule has 2 aliphatic heterocycles. The monoisotopic (exact) mass is 449 g/mol. The van der Waals surface area contributed by atoms with Crippen molar-refractivity contribution in [3.63, 3.8) is 0 Å². The number of ether oxygens (including phenoxy) is 2. The largest absolute Gasteiger partial charge is 0.489 e. The molecule has 0 amide bonds. The molecule has 7 heteroatoms. The summed E-state index contributed by atoms with van der Waals surface area (Å²) in [6.07, 6.45) is 4.02. The Morgan fingerprint density at radius 1 is 1.38 bits per heavy atom. The van der Waals surface area contributed by atoms with Crippen LogP contribution in [0.1, 0.15) is 26.2 Å². The molecule has 24 heavy (non-hydrogen) atoms. The number of nitrogens with zero attached hydrogens (tertiary/aromatic N) is 1. The second-order valence-electron chi connectivity index (χ2n) is 6.20. The maximum Gasteiger partial charge on any atom is 0.191 e. The van der Waals surface area contributed by atoms with Gasteiger partial charge >= 0.3 is 0 Å². The molecule has 0 aromatic heterocycles. The summed E-state index contributed by atoms with van der Waals surface area (Å²) in [5.41, 5.74) is 0. The lowest BCUT2D eigenvalue weighted by Crippen LogP contribution is -2.49. The van der Waals surface area contributed by atoms with E-state index in [2.05, 4.69) is 15.6 Å². The first-order valence-electron chi connectivity index (χ1n) is 8.19. The molecule has 0 spiro atoms. The summed E-state index contributed by atoms with van der Waals surface area (Å²) < 4.78 is 24.5. The molecule has 0 aliphatic carbocycles. The van der Waals surface area contributed by atoms with Crippen molar-refractivity contribution < 1.29 is 13.9 Å². The van der Waals surface area contributed by atoms with Crippen LogP contribution < -0.4 is 15.4 Å². The lowest BCUT2D eigenvalue weighted by atomic mass is 9.96. The third-order valence-electron chi connectivity index (χ3n) is 4.36. The number of nitrogens with one attached hydrogen (secondary N) is 2. The first-order valence-corrected chi connectivity index (χ1v) is 8.19. The number of halogens is 2. The van der Waals surface area contributed by atoms with E-state index in [9.17, 15) is 4.39 Å². The number of fused-ring (bicyclic) bond motifs is 2. The van der Waals surface area contributed by atoms with Crippen LogP contribution in [0.2, 0.25) is 0 Å². The molecular formula is C17H25FIN3O2. The van der Waals surface area contributed by atoms with E-state index in [-0.39, 0.29) is 35.9 Å². The summed E-state index contributed by atoms with van der Waals surface area (Å²) >= 11 is 0. The van der Waals surface area contributed by atoms with Crippen molar-refractivity contribution in [2.24, 2.45) is 4.99 Å². The molecule has 2 bridgehead atoms. The normalized spacial score (nSPS) is 26.6. The van der Waals surface area contributed by atoms with Gasteiger partial charge in [0, 0.05) is 7.05 Å². The fourth-order valence-electron chi connectivity index (χ4n) is 3.19. The van der Waals surface area contributed by atoms with Crippen LogP contribution in [0.4, 0.5) is 4.39 Å². The molecule has 2 heterocycles. The molecule has 134 valence electrons. The standard InChI is InChI=1S/C17H24FN3O2.HI/c1-11(22-13-5-3-12(18)4-6-13)10-20-17(19-2)21-15-9-14-7-8-16(15)23-14;/h3-6,11,14-16H,7-10H2,1-2H3,(H2,19,20,21);1H. The first-order chi connectivity index (χ1) is 11.1. The summed E-state index contributed by atoms with van der Waals surface area (Å²) in [7, 11) is 1.76. The Bertz CT molecular complexity index is 555. The quantitative estimate of drug-likeness (QED) is 0.413. The third kappa shape index (κ3) is 4.95. The van der Waals surface area contributed by atoms with E-state index in [0.29, 0.717) is 30.5 Å². The van der Waals surface area contributed by atoms with Gasteiger partial charge in [-0.1, -0.05) is 0 Å². The highest BCUT2D eigenvalue weighted by Crippen LogP contribution is 2.34. The molecule has 4 atom stereocenters. The van der Waals surface area contributed by atoms with Crippen LogP contribution in [-0.4, -0.2) is 43.9 Å². The van der Waals surface area contributed by atoms with Crippen LogP contribution in [0.3, 0.4) is 0 Å². The van der Waals surface area contributed by atoms with Gasteiger partial charge in [0.15, 0.2) is 5.96 Å². The zero-order valence-electron chi connectivity index (χ0n) is 14.0. The van der Waals surface area contributed by atoms with E-state index in [1.165, 1.54) is 18.6 Å². The molecule has 2 aliphatic rings. The lowest BCUT2D eigenvalue weighted by molar-refractivity contribution is 0.0992. The molecule has 1 aromatic rings. The Morgan fingerprint density at radius 3 is 2.71 bits per heavy atom. The second kappa shape index (κ2) is 8.84. The summed E-state index contributed by atoms with van der Waals surface area (Å²) in [5.74, 6) is 1.16. The van der Waals surface area contributed by atoms with Crippen LogP contribution in [0.5, 0.6) is 5.75 Å². The van der Waals surface area contributed by atoms with E-state index in [0.717, 1.165) is 18.8 Å². The first kappa shape index (κ1) is 19.2. The van der Waals surface area contributed by atoms with E-state index < -0.39 is 0 Å². The van der Waals surface area contributed by atoms with E-state index in [4.69, 9.17) is 9.47 Å². The fourth-order valence-corrected chi connectivity index (χ4v) is 3.19. The molecule has 1 aromatic carbocycles. The van der Waals surface area contributed by atoms with Crippen molar-refractivity contribution in [1.82, 2.24) is 10.6 Å². The van der Waals surface area contributed by atoms with E-state index >= 15 is 0 Å². The Hall–Kier alpha value is -1.09. The van der Waals surface area contributed by atoms with Gasteiger partial charge in [0.1, 0.15) is 17.7 Å². The van der Waals surface area contributed by atoms with Gasteiger partial charge < -0.3 is 20.1 Å². The van der Waals surface area contributed by atoms with Gasteiger partial charge in [-0.25, -0.2) is 4.39 Å². The smallest absolute Gasteiger partial charge is 0.191 e. The predicted octanol–water partition coefficient (Wildman–Crippen LogP) is 2.70. The Labute approximate surface area is 159 Å². The molecule has 5 nitrogen and oxygen atoms in total. The summed E-state index contributed by atoms with van der Waals surface area (Å²) in [4.78, 5) is 4.26. The average Bonchev–Trinajstić information content (AvgIpc) is 3.16. The predicted molar refractivity (Wildman–Crippen MR) is 103 cm³/mol. The Kier molecular flexibility index (Phi) is 7.09. The van der Waals surface area contributed by atoms with Gasteiger partial charge in [0.05, 0.1) is 24.8 Å². The molecule has 0 saturated carbocycles. The van der Waals surface area contributed by atoms with Crippen molar-refractivity contribution in [3.05, 3.63) is 30.1 Å². The molecule has 2 N–H and O–H groups in total. The number of benzene rings is 1. The molecular weight excluding hydrogens is 424 g/mol. The average molecular weight is 449 g/mol. The number of rotatable bonds is 5. The van der Waals surface area contributed by atoms with E-state index in [1.807, 2.05) is 6.92 Å². The van der Waals surface area contributed by atoms with Crippen molar-refractivity contribution in [3.8, 4) is 5.75 Å². The van der Waals surface area contributed by atoms with Crippen LogP contribution in [-0.2, 0) is 4.74 Å². The van der Waals surface area contributed by atoms with Gasteiger partial charge in [0.2, 0.25) is 0 Å². The maximum absolute atomic E-state index is 12.9. The molecule has 4 unspecified atom stereocenters. The van der Waals surface area contributed by atoms with Gasteiger partial charge in [-0.3, -0.25) is 4.99 Å². The van der Waals surface area contributed by atoms with E-state index in [1.54, 1.807) is 19.2 Å². The molecule has 2 fully saturated rings. The summed E-state index contributed by atoms with van der Waals surface area (Å²) in [6.45, 7) is 2.57. The highest BCUT2D eigenvalue weighted by atomic mass is 127. The maximum atomic E-state index is 12.9. The Morgan fingerprint density at radius 2 is 2.12 bits per heavy atom. The number of guanidine groups is 1. The number of hydrogen-bond acceptors (Lipinski definition) is 3. The minimum Gasteiger partial charge on any atom is -0.489 e. The van der Waals surface area contributed by atoms with Crippen LogP contribution in [0.15, 0.2) is 29.3 Å². The highest BCUT2D eigenvalue weighted by molar-refractivity contribution is 14.0. The number of aliphatic imine (C=N–C) groups is 1. The van der Waals surface area contributed by atoms with Gasteiger partial charge in [-0.05, 0) is 50.5 Å². The topological polar surface area (TPSA) is 54.9 Å². The molecule has 0 radical (unpaired) electrons. The van der Waals surface area contributed by atoms with Crippen molar-refractivity contribution in [1.29, 1.82) is 0 Å². The molecule has 2 saturated heterocycles.